The molecule has 20 heavy (non-hydrogen) atoms. The third-order valence-corrected chi connectivity index (χ3v) is 6.62. The minimum absolute atomic E-state index is 0.479. The molecule has 118 valence electrons. The summed E-state index contributed by atoms with van der Waals surface area (Å²) in [5.74, 6) is 2.78. The molecule has 0 aromatic carbocycles. The minimum atomic E-state index is -3.31. The van der Waals surface area contributed by atoms with Gasteiger partial charge in [0.2, 0.25) is 0 Å². The van der Waals surface area contributed by atoms with E-state index in [1.54, 1.807) is 4.31 Å². The molecule has 0 aromatic heterocycles. The van der Waals surface area contributed by atoms with E-state index in [4.69, 9.17) is 5.73 Å². The molecule has 0 aromatic rings. The van der Waals surface area contributed by atoms with Gasteiger partial charge in [0, 0.05) is 50.8 Å². The number of nitrogens with two attached hydrogens (primary N) is 1. The van der Waals surface area contributed by atoms with Crippen molar-refractivity contribution < 1.29 is 8.42 Å². The Hall–Kier alpha value is 0.140. The van der Waals surface area contributed by atoms with Gasteiger partial charge in [-0.05, 0) is 25.3 Å². The Kier molecular flexibility index (Phi) is 6.57. The van der Waals surface area contributed by atoms with Crippen LogP contribution in [0.1, 0.15) is 12.8 Å². The number of piperidine rings is 1. The van der Waals surface area contributed by atoms with Crippen LogP contribution in [-0.2, 0) is 10.2 Å². The SMILES string of the molecule is NCC1CCN(S(=O)(=O)NCCN2CCSCC2)CC1. The molecule has 0 amide bonds. The molecule has 0 saturated carbocycles. The first-order valence-corrected chi connectivity index (χ1v) is 9.96. The topological polar surface area (TPSA) is 78.7 Å². The second-order valence-electron chi connectivity index (χ2n) is 5.43. The molecule has 2 aliphatic rings. The third kappa shape index (κ3) is 4.85. The van der Waals surface area contributed by atoms with Crippen molar-refractivity contribution in [2.75, 3.05) is 57.3 Å². The lowest BCUT2D eigenvalue weighted by atomic mass is 9.99. The summed E-state index contributed by atoms with van der Waals surface area (Å²) in [5, 5.41) is 0. The highest BCUT2D eigenvalue weighted by atomic mass is 32.2. The van der Waals surface area contributed by atoms with Crippen LogP contribution in [0.4, 0.5) is 0 Å². The first-order chi connectivity index (χ1) is 9.62. The van der Waals surface area contributed by atoms with Crippen LogP contribution in [0.3, 0.4) is 0 Å². The predicted octanol–water partition coefficient (Wildman–Crippen LogP) is -0.460. The fraction of sp³-hybridized carbons (Fsp3) is 1.00. The Morgan fingerprint density at radius 3 is 2.40 bits per heavy atom. The Morgan fingerprint density at radius 2 is 1.80 bits per heavy atom. The largest absolute Gasteiger partial charge is 0.330 e. The van der Waals surface area contributed by atoms with Crippen molar-refractivity contribution in [3.63, 3.8) is 0 Å². The summed E-state index contributed by atoms with van der Waals surface area (Å²) in [6.45, 7) is 5.29. The highest BCUT2D eigenvalue weighted by Gasteiger charge is 2.27. The summed E-state index contributed by atoms with van der Waals surface area (Å²) in [5.41, 5.74) is 5.63. The van der Waals surface area contributed by atoms with Gasteiger partial charge in [-0.3, -0.25) is 0 Å². The second kappa shape index (κ2) is 7.95. The van der Waals surface area contributed by atoms with E-state index in [1.165, 1.54) is 0 Å². The Morgan fingerprint density at radius 1 is 1.15 bits per heavy atom. The number of rotatable bonds is 6. The summed E-state index contributed by atoms with van der Waals surface area (Å²) in [6, 6.07) is 0. The summed E-state index contributed by atoms with van der Waals surface area (Å²) in [6.07, 6.45) is 1.75. The van der Waals surface area contributed by atoms with E-state index in [0.29, 0.717) is 32.1 Å². The lowest BCUT2D eigenvalue weighted by Gasteiger charge is -2.31. The predicted molar refractivity (Wildman–Crippen MR) is 84.0 cm³/mol. The molecule has 3 N–H and O–H groups in total. The van der Waals surface area contributed by atoms with Gasteiger partial charge < -0.3 is 10.6 Å². The lowest BCUT2D eigenvalue weighted by molar-refractivity contribution is 0.272. The van der Waals surface area contributed by atoms with Crippen molar-refractivity contribution in [2.45, 2.75) is 12.8 Å². The van der Waals surface area contributed by atoms with Crippen molar-refractivity contribution >= 4 is 22.0 Å². The Bertz CT molecular complexity index is 377. The van der Waals surface area contributed by atoms with E-state index < -0.39 is 10.2 Å². The van der Waals surface area contributed by atoms with Crippen LogP contribution in [0, 0.1) is 5.92 Å². The van der Waals surface area contributed by atoms with Crippen LogP contribution in [0.5, 0.6) is 0 Å². The molecule has 8 heteroatoms. The smallest absolute Gasteiger partial charge is 0.279 e. The minimum Gasteiger partial charge on any atom is -0.330 e. The van der Waals surface area contributed by atoms with E-state index in [9.17, 15) is 8.42 Å². The molecule has 2 heterocycles. The van der Waals surface area contributed by atoms with E-state index in [-0.39, 0.29) is 0 Å². The zero-order valence-corrected chi connectivity index (χ0v) is 13.6. The van der Waals surface area contributed by atoms with Gasteiger partial charge in [0.1, 0.15) is 0 Å². The van der Waals surface area contributed by atoms with Crippen molar-refractivity contribution in [1.82, 2.24) is 13.9 Å². The fourth-order valence-electron chi connectivity index (χ4n) is 2.63. The summed E-state index contributed by atoms with van der Waals surface area (Å²) < 4.78 is 28.7. The van der Waals surface area contributed by atoms with Gasteiger partial charge in [-0.25, -0.2) is 4.72 Å². The second-order valence-corrected chi connectivity index (χ2v) is 8.41. The molecule has 2 rings (SSSR count). The normalized spacial score (nSPS) is 24.1. The van der Waals surface area contributed by atoms with Gasteiger partial charge >= 0.3 is 0 Å². The van der Waals surface area contributed by atoms with Crippen molar-refractivity contribution in [1.29, 1.82) is 0 Å². The van der Waals surface area contributed by atoms with Gasteiger partial charge in [0.05, 0.1) is 0 Å². The average molecular weight is 323 g/mol. The molecule has 2 aliphatic heterocycles. The molecule has 0 bridgehead atoms. The first kappa shape index (κ1) is 16.5. The number of hydrogen-bond donors (Lipinski definition) is 2. The fourth-order valence-corrected chi connectivity index (χ4v) is 4.84. The maximum Gasteiger partial charge on any atom is 0.279 e. The molecule has 0 unspecified atom stereocenters. The molecule has 2 fully saturated rings. The molecule has 2 saturated heterocycles. The van der Waals surface area contributed by atoms with E-state index in [0.717, 1.165) is 44.0 Å². The number of nitrogens with zero attached hydrogens (tertiary/aromatic N) is 2. The molecule has 0 radical (unpaired) electrons. The highest BCUT2D eigenvalue weighted by Crippen LogP contribution is 2.17. The molecule has 6 nitrogen and oxygen atoms in total. The summed E-state index contributed by atoms with van der Waals surface area (Å²) in [4.78, 5) is 2.32. The molecule has 0 spiro atoms. The molecular weight excluding hydrogens is 296 g/mol. The molecule has 0 aliphatic carbocycles. The van der Waals surface area contributed by atoms with Crippen molar-refractivity contribution in [2.24, 2.45) is 11.7 Å². The summed E-state index contributed by atoms with van der Waals surface area (Å²) in [7, 11) is -3.31. The van der Waals surface area contributed by atoms with Crippen LogP contribution < -0.4 is 10.5 Å². The van der Waals surface area contributed by atoms with Gasteiger partial charge in [-0.15, -0.1) is 0 Å². The van der Waals surface area contributed by atoms with Crippen LogP contribution in [-0.4, -0.2) is 74.9 Å². The number of thioether (sulfide) groups is 1. The molecule has 0 atom stereocenters. The van der Waals surface area contributed by atoms with E-state index in [2.05, 4.69) is 9.62 Å². The van der Waals surface area contributed by atoms with Crippen LogP contribution in [0.2, 0.25) is 0 Å². The van der Waals surface area contributed by atoms with Gasteiger partial charge in [-0.2, -0.15) is 24.5 Å². The van der Waals surface area contributed by atoms with Gasteiger partial charge in [0.25, 0.3) is 10.2 Å². The highest BCUT2D eigenvalue weighted by molar-refractivity contribution is 7.99. The average Bonchev–Trinajstić information content (AvgIpc) is 2.48. The number of hydrogen-bond acceptors (Lipinski definition) is 5. The van der Waals surface area contributed by atoms with Crippen molar-refractivity contribution in [3.05, 3.63) is 0 Å². The summed E-state index contributed by atoms with van der Waals surface area (Å²) >= 11 is 1.96. The Balaban J connectivity index is 1.70. The zero-order chi connectivity index (χ0) is 14.4. The Labute approximate surface area is 126 Å². The van der Waals surface area contributed by atoms with Crippen molar-refractivity contribution in [3.8, 4) is 0 Å². The first-order valence-electron chi connectivity index (χ1n) is 7.37. The lowest BCUT2D eigenvalue weighted by Crippen LogP contribution is -2.48. The molecular formula is C12H26N4O2S2. The maximum atomic E-state index is 12.2. The standard InChI is InChI=1S/C12H26N4O2S2/c13-11-12-1-4-16(5-2-12)20(17,18)14-3-6-15-7-9-19-10-8-15/h12,14H,1-11,13H2. The maximum absolute atomic E-state index is 12.2. The van der Waals surface area contributed by atoms with Crippen LogP contribution >= 0.6 is 11.8 Å². The monoisotopic (exact) mass is 322 g/mol. The zero-order valence-electron chi connectivity index (χ0n) is 12.0. The van der Waals surface area contributed by atoms with E-state index in [1.807, 2.05) is 11.8 Å². The van der Waals surface area contributed by atoms with Crippen LogP contribution in [0.15, 0.2) is 0 Å². The van der Waals surface area contributed by atoms with E-state index >= 15 is 0 Å². The third-order valence-electron chi connectivity index (χ3n) is 4.06. The quantitative estimate of drug-likeness (QED) is 0.692. The number of nitrogens with one attached hydrogen (secondary N) is 1. The van der Waals surface area contributed by atoms with Gasteiger partial charge in [0.15, 0.2) is 0 Å². The van der Waals surface area contributed by atoms with Gasteiger partial charge in [-0.1, -0.05) is 0 Å². The van der Waals surface area contributed by atoms with Crippen LogP contribution in [0.25, 0.3) is 0 Å².